The first-order valence-corrected chi connectivity index (χ1v) is 10.3. The summed E-state index contributed by atoms with van der Waals surface area (Å²) < 4.78 is 26.5. The molecule has 2 fully saturated rings. The van der Waals surface area contributed by atoms with E-state index in [4.69, 9.17) is 0 Å². The maximum absolute atomic E-state index is 12.2. The molecule has 7 heteroatoms. The Hall–Kier alpha value is -1.37. The number of hydrogen-bond donors (Lipinski definition) is 1. The lowest BCUT2D eigenvalue weighted by Crippen LogP contribution is -2.39. The van der Waals surface area contributed by atoms with Gasteiger partial charge in [0.25, 0.3) is 0 Å². The summed E-state index contributed by atoms with van der Waals surface area (Å²) in [5.74, 6) is -0.171. The highest BCUT2D eigenvalue weighted by atomic mass is 32.2. The SMILES string of the molecule is O=C(CCS(=O)(=O)C1CCCC1)N[C@H]1CCC[C@H]1n1ccnc1. The highest BCUT2D eigenvalue weighted by Gasteiger charge is 2.31. The fourth-order valence-electron chi connectivity index (χ4n) is 3.86. The molecule has 2 aliphatic carbocycles. The van der Waals surface area contributed by atoms with Crippen molar-refractivity contribution in [1.29, 1.82) is 0 Å². The normalized spacial score (nSPS) is 25.7. The molecule has 0 unspecified atom stereocenters. The van der Waals surface area contributed by atoms with Crippen molar-refractivity contribution < 1.29 is 13.2 Å². The van der Waals surface area contributed by atoms with Gasteiger partial charge in [0.15, 0.2) is 9.84 Å². The molecular weight excluding hydrogens is 314 g/mol. The van der Waals surface area contributed by atoms with E-state index in [1.807, 2.05) is 10.8 Å². The highest BCUT2D eigenvalue weighted by Crippen LogP contribution is 2.30. The third kappa shape index (κ3) is 3.94. The minimum atomic E-state index is -3.12. The predicted molar refractivity (Wildman–Crippen MR) is 87.7 cm³/mol. The van der Waals surface area contributed by atoms with Gasteiger partial charge in [0.2, 0.25) is 5.91 Å². The Bertz CT molecular complexity index is 621. The van der Waals surface area contributed by atoms with Crippen molar-refractivity contribution in [1.82, 2.24) is 14.9 Å². The lowest BCUT2D eigenvalue weighted by atomic mass is 10.1. The van der Waals surface area contributed by atoms with Gasteiger partial charge < -0.3 is 9.88 Å². The van der Waals surface area contributed by atoms with Crippen molar-refractivity contribution in [2.75, 3.05) is 5.75 Å². The largest absolute Gasteiger partial charge is 0.351 e. The van der Waals surface area contributed by atoms with Crippen LogP contribution in [0.3, 0.4) is 0 Å². The van der Waals surface area contributed by atoms with Crippen LogP contribution in [-0.4, -0.2) is 40.9 Å². The van der Waals surface area contributed by atoms with Crippen LogP contribution < -0.4 is 5.32 Å². The summed E-state index contributed by atoms with van der Waals surface area (Å²) in [6, 6.07) is 0.304. The van der Waals surface area contributed by atoms with Gasteiger partial charge in [-0.15, -0.1) is 0 Å². The first kappa shape index (κ1) is 16.5. The molecule has 128 valence electrons. The number of carbonyl (C=O) groups is 1. The molecule has 1 aromatic rings. The Labute approximate surface area is 137 Å². The van der Waals surface area contributed by atoms with E-state index in [9.17, 15) is 13.2 Å². The Balaban J connectivity index is 1.51. The molecule has 2 atom stereocenters. The number of nitrogens with zero attached hydrogens (tertiary/aromatic N) is 2. The number of rotatable bonds is 6. The van der Waals surface area contributed by atoms with Crippen molar-refractivity contribution >= 4 is 15.7 Å². The Morgan fingerprint density at radius 3 is 2.65 bits per heavy atom. The van der Waals surface area contributed by atoms with Gasteiger partial charge in [-0.3, -0.25) is 4.79 Å². The van der Waals surface area contributed by atoms with Crippen LogP contribution in [0.15, 0.2) is 18.7 Å². The summed E-state index contributed by atoms with van der Waals surface area (Å²) >= 11 is 0. The first-order valence-electron chi connectivity index (χ1n) is 8.54. The van der Waals surface area contributed by atoms with Crippen molar-refractivity contribution in [3.8, 4) is 0 Å². The van der Waals surface area contributed by atoms with Crippen LogP contribution >= 0.6 is 0 Å². The molecule has 1 aromatic heterocycles. The van der Waals surface area contributed by atoms with E-state index < -0.39 is 9.84 Å². The van der Waals surface area contributed by atoms with Crippen LogP contribution in [0.5, 0.6) is 0 Å². The summed E-state index contributed by atoms with van der Waals surface area (Å²) in [4.78, 5) is 16.2. The molecule has 2 aliphatic rings. The fraction of sp³-hybridized carbons (Fsp3) is 0.750. The monoisotopic (exact) mass is 339 g/mol. The van der Waals surface area contributed by atoms with Gasteiger partial charge in [0, 0.05) is 24.9 Å². The van der Waals surface area contributed by atoms with E-state index in [0.717, 1.165) is 44.9 Å². The minimum absolute atomic E-state index is 0.0219. The quantitative estimate of drug-likeness (QED) is 0.857. The standard InChI is InChI=1S/C16H25N3O3S/c20-16(8-11-23(21,22)13-4-1-2-5-13)18-14-6-3-7-15(14)19-10-9-17-12-19/h9-10,12-15H,1-8,11H2,(H,18,20)/t14-,15+/m0/s1. The van der Waals surface area contributed by atoms with Crippen LogP contribution in [-0.2, 0) is 14.6 Å². The Kier molecular flexibility index (Phi) is 5.04. The van der Waals surface area contributed by atoms with E-state index >= 15 is 0 Å². The van der Waals surface area contributed by atoms with Crippen molar-refractivity contribution in [2.45, 2.75) is 68.7 Å². The molecule has 0 radical (unpaired) electrons. The topological polar surface area (TPSA) is 81.1 Å². The molecule has 1 amide bonds. The van der Waals surface area contributed by atoms with Crippen molar-refractivity contribution in [3.05, 3.63) is 18.7 Å². The second kappa shape index (κ2) is 7.03. The van der Waals surface area contributed by atoms with Gasteiger partial charge in [0.05, 0.1) is 23.4 Å². The second-order valence-electron chi connectivity index (χ2n) is 6.71. The molecule has 0 saturated heterocycles. The predicted octanol–water partition coefficient (Wildman–Crippen LogP) is 1.84. The van der Waals surface area contributed by atoms with Gasteiger partial charge >= 0.3 is 0 Å². The van der Waals surface area contributed by atoms with E-state index in [1.54, 1.807) is 12.5 Å². The molecular formula is C16H25N3O3S. The van der Waals surface area contributed by atoms with Gasteiger partial charge in [-0.2, -0.15) is 0 Å². The molecule has 0 aliphatic heterocycles. The smallest absolute Gasteiger partial charge is 0.221 e. The Morgan fingerprint density at radius 2 is 1.96 bits per heavy atom. The van der Waals surface area contributed by atoms with E-state index in [1.165, 1.54) is 0 Å². The number of sulfone groups is 1. The van der Waals surface area contributed by atoms with Crippen molar-refractivity contribution in [3.63, 3.8) is 0 Å². The van der Waals surface area contributed by atoms with Gasteiger partial charge in [-0.25, -0.2) is 13.4 Å². The zero-order valence-corrected chi connectivity index (χ0v) is 14.2. The number of imidazole rings is 1. The van der Waals surface area contributed by atoms with E-state index in [0.29, 0.717) is 0 Å². The summed E-state index contributed by atoms with van der Waals surface area (Å²) in [6.07, 6.45) is 12.0. The molecule has 1 heterocycles. The minimum Gasteiger partial charge on any atom is -0.351 e. The molecule has 1 N–H and O–H groups in total. The van der Waals surface area contributed by atoms with Crippen LogP contribution in [0, 0.1) is 0 Å². The highest BCUT2D eigenvalue weighted by molar-refractivity contribution is 7.92. The molecule has 0 spiro atoms. The van der Waals surface area contributed by atoms with Crippen LogP contribution in [0.2, 0.25) is 0 Å². The lowest BCUT2D eigenvalue weighted by molar-refractivity contribution is -0.121. The molecule has 0 bridgehead atoms. The fourth-order valence-corrected chi connectivity index (χ4v) is 5.71. The summed E-state index contributed by atoms with van der Waals surface area (Å²) in [6.45, 7) is 0. The van der Waals surface area contributed by atoms with Crippen LogP contribution in [0.1, 0.15) is 57.4 Å². The average Bonchev–Trinajstić information content (AvgIpc) is 3.25. The maximum Gasteiger partial charge on any atom is 0.221 e. The van der Waals surface area contributed by atoms with Gasteiger partial charge in [-0.1, -0.05) is 12.8 Å². The molecule has 2 saturated carbocycles. The second-order valence-corrected chi connectivity index (χ2v) is 9.11. The zero-order chi connectivity index (χ0) is 16.3. The number of amides is 1. The molecule has 23 heavy (non-hydrogen) atoms. The van der Waals surface area contributed by atoms with E-state index in [2.05, 4.69) is 10.3 Å². The van der Waals surface area contributed by atoms with E-state index in [-0.39, 0.29) is 35.4 Å². The lowest BCUT2D eigenvalue weighted by Gasteiger charge is -2.22. The van der Waals surface area contributed by atoms with Crippen LogP contribution in [0.25, 0.3) is 0 Å². The third-order valence-corrected chi connectivity index (χ3v) is 7.42. The van der Waals surface area contributed by atoms with Crippen molar-refractivity contribution in [2.24, 2.45) is 0 Å². The number of hydrogen-bond acceptors (Lipinski definition) is 4. The molecule has 3 rings (SSSR count). The summed E-state index contributed by atoms with van der Waals surface area (Å²) in [5, 5.41) is 2.81. The number of aromatic nitrogens is 2. The average molecular weight is 339 g/mol. The van der Waals surface area contributed by atoms with Crippen LogP contribution in [0.4, 0.5) is 0 Å². The summed E-state index contributed by atoms with van der Waals surface area (Å²) in [7, 11) is -3.12. The summed E-state index contributed by atoms with van der Waals surface area (Å²) in [5.41, 5.74) is 0. The molecule has 6 nitrogen and oxygen atoms in total. The molecule has 0 aromatic carbocycles. The zero-order valence-electron chi connectivity index (χ0n) is 13.4. The van der Waals surface area contributed by atoms with Gasteiger partial charge in [-0.05, 0) is 32.1 Å². The first-order chi connectivity index (χ1) is 11.1. The maximum atomic E-state index is 12.2. The van der Waals surface area contributed by atoms with Gasteiger partial charge in [0.1, 0.15) is 0 Å². The number of carbonyl (C=O) groups excluding carboxylic acids is 1. The third-order valence-electron chi connectivity index (χ3n) is 5.16. The Morgan fingerprint density at radius 1 is 1.17 bits per heavy atom. The number of nitrogens with one attached hydrogen (secondary N) is 1.